The molecular weight excluding hydrogens is 289 g/mol. The van der Waals surface area contributed by atoms with E-state index in [2.05, 4.69) is 9.55 Å². The zero-order chi connectivity index (χ0) is 12.9. The molecule has 0 atom stereocenters. The van der Waals surface area contributed by atoms with Gasteiger partial charge in [0.15, 0.2) is 0 Å². The van der Waals surface area contributed by atoms with Crippen LogP contribution in [0.2, 0.25) is 10.0 Å². The summed E-state index contributed by atoms with van der Waals surface area (Å²) >= 11 is 17.1. The second-order valence-corrected chi connectivity index (χ2v) is 5.89. The van der Waals surface area contributed by atoms with Crippen molar-refractivity contribution in [2.24, 2.45) is 5.73 Å². The number of thiocarbonyl (C=S) groups is 1. The smallest absolute Gasteiger partial charge is 0.113 e. The van der Waals surface area contributed by atoms with E-state index >= 15 is 0 Å². The zero-order valence-corrected chi connectivity index (χ0v) is 11.8. The molecule has 1 aliphatic carbocycles. The Labute approximate surface area is 120 Å². The Morgan fingerprint density at radius 3 is 2.67 bits per heavy atom. The van der Waals surface area contributed by atoms with Crippen LogP contribution in [0.5, 0.6) is 0 Å². The summed E-state index contributed by atoms with van der Waals surface area (Å²) in [4.78, 5) is 5.08. The van der Waals surface area contributed by atoms with Gasteiger partial charge in [-0.25, -0.2) is 4.98 Å². The highest BCUT2D eigenvalue weighted by Gasteiger charge is 2.29. The molecule has 0 saturated heterocycles. The van der Waals surface area contributed by atoms with Crippen molar-refractivity contribution in [2.75, 3.05) is 0 Å². The fourth-order valence-electron chi connectivity index (χ4n) is 2.11. The Bertz CT molecular complexity index is 646. The van der Waals surface area contributed by atoms with E-state index in [9.17, 15) is 0 Å². The van der Waals surface area contributed by atoms with Crippen molar-refractivity contribution in [3.8, 4) is 0 Å². The third kappa shape index (κ3) is 2.09. The molecular formula is C12H11Cl2N3S. The van der Waals surface area contributed by atoms with Gasteiger partial charge in [0.05, 0.1) is 32.6 Å². The first-order valence-electron chi connectivity index (χ1n) is 5.69. The summed E-state index contributed by atoms with van der Waals surface area (Å²) < 4.78 is 2.05. The zero-order valence-electron chi connectivity index (χ0n) is 9.49. The van der Waals surface area contributed by atoms with E-state index in [1.165, 1.54) is 12.8 Å². The second kappa shape index (κ2) is 4.37. The second-order valence-electron chi connectivity index (χ2n) is 4.55. The van der Waals surface area contributed by atoms with Gasteiger partial charge in [-0.2, -0.15) is 0 Å². The molecule has 1 aromatic heterocycles. The number of hydrogen-bond acceptors (Lipinski definition) is 2. The van der Waals surface area contributed by atoms with Crippen LogP contribution in [0, 0.1) is 0 Å². The highest BCUT2D eigenvalue weighted by molar-refractivity contribution is 7.80. The van der Waals surface area contributed by atoms with Gasteiger partial charge in [-0.15, -0.1) is 0 Å². The third-order valence-electron chi connectivity index (χ3n) is 3.08. The average molecular weight is 300 g/mol. The summed E-state index contributed by atoms with van der Waals surface area (Å²) in [6, 6.07) is 3.62. The molecule has 94 valence electrons. The fraction of sp³-hybridized carbons (Fsp3) is 0.333. The molecule has 1 aliphatic rings. The normalized spacial score (nSPS) is 15.2. The summed E-state index contributed by atoms with van der Waals surface area (Å²) in [5.41, 5.74) is 7.45. The Morgan fingerprint density at radius 1 is 1.39 bits per heavy atom. The van der Waals surface area contributed by atoms with Gasteiger partial charge < -0.3 is 10.3 Å². The predicted molar refractivity (Wildman–Crippen MR) is 78.5 cm³/mol. The molecule has 2 aromatic rings. The van der Waals surface area contributed by atoms with Crippen LogP contribution in [0.15, 0.2) is 12.1 Å². The van der Waals surface area contributed by atoms with Gasteiger partial charge in [0.1, 0.15) is 5.82 Å². The Morgan fingerprint density at radius 2 is 2.06 bits per heavy atom. The molecule has 3 rings (SSSR count). The van der Waals surface area contributed by atoms with Gasteiger partial charge in [-0.1, -0.05) is 35.4 Å². The molecule has 6 heteroatoms. The maximum absolute atomic E-state index is 6.06. The first-order chi connectivity index (χ1) is 8.56. The number of nitrogens with zero attached hydrogens (tertiary/aromatic N) is 2. The molecule has 1 heterocycles. The largest absolute Gasteiger partial charge is 0.392 e. The molecule has 0 radical (unpaired) electrons. The van der Waals surface area contributed by atoms with Gasteiger partial charge in [0.2, 0.25) is 0 Å². The van der Waals surface area contributed by atoms with Crippen LogP contribution in [0.3, 0.4) is 0 Å². The minimum Gasteiger partial charge on any atom is -0.392 e. The van der Waals surface area contributed by atoms with Crippen LogP contribution >= 0.6 is 35.4 Å². The van der Waals surface area contributed by atoms with Crippen molar-refractivity contribution in [1.82, 2.24) is 9.55 Å². The molecule has 1 aromatic carbocycles. The number of benzene rings is 1. The molecule has 0 amide bonds. The number of halogens is 2. The molecule has 3 nitrogen and oxygen atoms in total. The first kappa shape index (κ1) is 12.2. The summed E-state index contributed by atoms with van der Waals surface area (Å²) in [7, 11) is 0. The van der Waals surface area contributed by atoms with Crippen molar-refractivity contribution in [3.63, 3.8) is 0 Å². The van der Waals surface area contributed by atoms with E-state index in [4.69, 9.17) is 41.2 Å². The van der Waals surface area contributed by atoms with Crippen molar-refractivity contribution in [1.29, 1.82) is 0 Å². The average Bonchev–Trinajstić information content (AvgIpc) is 3.07. The van der Waals surface area contributed by atoms with E-state index in [0.29, 0.717) is 27.5 Å². The Kier molecular flexibility index (Phi) is 2.96. The lowest BCUT2D eigenvalue weighted by Crippen LogP contribution is -2.18. The van der Waals surface area contributed by atoms with Crippen LogP contribution in [0.25, 0.3) is 11.0 Å². The van der Waals surface area contributed by atoms with Crippen molar-refractivity contribution in [3.05, 3.63) is 28.0 Å². The lowest BCUT2D eigenvalue weighted by Gasteiger charge is -2.07. The van der Waals surface area contributed by atoms with Crippen molar-refractivity contribution < 1.29 is 0 Å². The minimum absolute atomic E-state index is 0.447. The van der Waals surface area contributed by atoms with E-state index < -0.39 is 0 Å². The topological polar surface area (TPSA) is 43.8 Å². The van der Waals surface area contributed by atoms with Gasteiger partial charge in [0, 0.05) is 5.92 Å². The number of fused-ring (bicyclic) bond motifs is 1. The summed E-state index contributed by atoms with van der Waals surface area (Å²) in [5.74, 6) is 1.56. The molecule has 18 heavy (non-hydrogen) atoms. The lowest BCUT2D eigenvalue weighted by atomic mass is 10.3. The minimum atomic E-state index is 0.447. The van der Waals surface area contributed by atoms with Gasteiger partial charge >= 0.3 is 0 Å². The van der Waals surface area contributed by atoms with Crippen LogP contribution < -0.4 is 5.73 Å². The van der Waals surface area contributed by atoms with Crippen LogP contribution in [0.1, 0.15) is 24.6 Å². The fourth-order valence-corrected chi connectivity index (χ4v) is 2.56. The molecule has 0 spiro atoms. The number of rotatable bonds is 3. The molecule has 0 unspecified atom stereocenters. The summed E-state index contributed by atoms with van der Waals surface area (Å²) in [6.07, 6.45) is 2.34. The number of imidazole rings is 1. The van der Waals surface area contributed by atoms with E-state index in [1.807, 2.05) is 6.07 Å². The Balaban J connectivity index is 2.23. The first-order valence-corrected chi connectivity index (χ1v) is 6.86. The number of hydrogen-bond donors (Lipinski definition) is 1. The SMILES string of the molecule is NC(=S)Cn1c(C2CC2)nc2cc(Cl)c(Cl)cc21. The maximum atomic E-state index is 6.06. The highest BCUT2D eigenvalue weighted by atomic mass is 35.5. The van der Waals surface area contributed by atoms with E-state index in [0.717, 1.165) is 16.9 Å². The van der Waals surface area contributed by atoms with E-state index in [-0.39, 0.29) is 0 Å². The quantitative estimate of drug-likeness (QED) is 0.882. The van der Waals surface area contributed by atoms with Crippen LogP contribution in [-0.2, 0) is 6.54 Å². The molecule has 1 fully saturated rings. The highest BCUT2D eigenvalue weighted by Crippen LogP contribution is 2.41. The standard InChI is InChI=1S/C12H11Cl2N3S/c13-7-3-9-10(4-8(7)14)17(5-11(15)18)12(16-9)6-1-2-6/h3-4,6H,1-2,5H2,(H2,15,18). The molecule has 2 N–H and O–H groups in total. The number of aromatic nitrogens is 2. The summed E-state index contributed by atoms with van der Waals surface area (Å²) in [6.45, 7) is 0.496. The Hall–Kier alpha value is -0.840. The van der Waals surface area contributed by atoms with Gasteiger partial charge in [-0.05, 0) is 25.0 Å². The van der Waals surface area contributed by atoms with E-state index in [1.54, 1.807) is 6.07 Å². The van der Waals surface area contributed by atoms with Crippen LogP contribution in [0.4, 0.5) is 0 Å². The number of nitrogens with two attached hydrogens (primary N) is 1. The van der Waals surface area contributed by atoms with Gasteiger partial charge in [0.25, 0.3) is 0 Å². The van der Waals surface area contributed by atoms with Crippen LogP contribution in [-0.4, -0.2) is 14.5 Å². The lowest BCUT2D eigenvalue weighted by molar-refractivity contribution is 0.784. The molecule has 0 aliphatic heterocycles. The predicted octanol–water partition coefficient (Wildman–Crippen LogP) is 3.51. The van der Waals surface area contributed by atoms with Crippen molar-refractivity contribution >= 4 is 51.4 Å². The van der Waals surface area contributed by atoms with Gasteiger partial charge in [-0.3, -0.25) is 0 Å². The third-order valence-corrected chi connectivity index (χ3v) is 3.93. The summed E-state index contributed by atoms with van der Waals surface area (Å²) in [5, 5.41) is 1.04. The monoisotopic (exact) mass is 299 g/mol. The maximum Gasteiger partial charge on any atom is 0.113 e. The molecule has 0 bridgehead atoms. The van der Waals surface area contributed by atoms with Crippen molar-refractivity contribution in [2.45, 2.75) is 25.3 Å². The molecule has 1 saturated carbocycles.